The zero-order chi connectivity index (χ0) is 29.9. The number of pyridine rings is 1. The molecule has 0 spiro atoms. The Bertz CT molecular complexity index is 2370. The van der Waals surface area contributed by atoms with E-state index in [4.69, 9.17) is 9.72 Å². The zero-order valence-corrected chi connectivity index (χ0v) is 24.7. The highest BCUT2D eigenvalue weighted by molar-refractivity contribution is 6.09. The van der Waals surface area contributed by atoms with Gasteiger partial charge in [-0.3, -0.25) is 4.57 Å². The molecular formula is C39H29N5O. The standard InChI is InChI=1S/C39H29N5O/c1-41-21-20-27-25-40-39(24-37(27)41)44-34-15-6-5-14-32(34)33-19-18-31(23-38(33)44)45-30-13-9-12-29(22-30)43-26-42(28-10-3-2-4-11-28)35-16-7-8-17-36(35)43/h2-25H,26H2,1H3. The number of fused-ring (bicyclic) bond motifs is 5. The van der Waals surface area contributed by atoms with E-state index in [1.165, 1.54) is 22.4 Å². The Hall–Kier alpha value is -6.01. The Morgan fingerprint density at radius 1 is 0.578 bits per heavy atom. The van der Waals surface area contributed by atoms with Crippen LogP contribution in [0.3, 0.4) is 0 Å². The van der Waals surface area contributed by atoms with E-state index in [0.29, 0.717) is 0 Å². The van der Waals surface area contributed by atoms with Crippen molar-refractivity contribution in [2.75, 3.05) is 16.5 Å². The largest absolute Gasteiger partial charge is 0.457 e. The molecular weight excluding hydrogens is 554 g/mol. The molecule has 9 rings (SSSR count). The maximum Gasteiger partial charge on any atom is 0.139 e. The molecule has 4 heterocycles. The predicted octanol–water partition coefficient (Wildman–Crippen LogP) is 9.71. The summed E-state index contributed by atoms with van der Waals surface area (Å²) in [5, 5.41) is 3.47. The van der Waals surface area contributed by atoms with Crippen LogP contribution in [-0.4, -0.2) is 20.8 Å². The highest BCUT2D eigenvalue weighted by atomic mass is 16.5. The molecule has 1 aliphatic heterocycles. The van der Waals surface area contributed by atoms with Crippen LogP contribution in [0.15, 0.2) is 146 Å². The van der Waals surface area contributed by atoms with Crippen molar-refractivity contribution in [3.05, 3.63) is 146 Å². The molecule has 216 valence electrons. The van der Waals surface area contributed by atoms with E-state index < -0.39 is 0 Å². The van der Waals surface area contributed by atoms with E-state index in [9.17, 15) is 0 Å². The van der Waals surface area contributed by atoms with Crippen molar-refractivity contribution < 1.29 is 4.74 Å². The van der Waals surface area contributed by atoms with Crippen molar-refractivity contribution in [2.24, 2.45) is 7.05 Å². The lowest BCUT2D eigenvalue weighted by Crippen LogP contribution is -2.23. The quantitative estimate of drug-likeness (QED) is 0.202. The van der Waals surface area contributed by atoms with Gasteiger partial charge in [-0.1, -0.05) is 54.6 Å². The first-order valence-electron chi connectivity index (χ1n) is 15.1. The summed E-state index contributed by atoms with van der Waals surface area (Å²) in [6, 6.07) is 46.5. The minimum Gasteiger partial charge on any atom is -0.457 e. The summed E-state index contributed by atoms with van der Waals surface area (Å²) in [5.74, 6) is 2.44. The zero-order valence-electron chi connectivity index (χ0n) is 24.7. The van der Waals surface area contributed by atoms with E-state index in [0.717, 1.165) is 57.0 Å². The Kier molecular flexibility index (Phi) is 5.68. The molecule has 0 fully saturated rings. The number of para-hydroxylation sites is 4. The van der Waals surface area contributed by atoms with Gasteiger partial charge in [0.2, 0.25) is 0 Å². The first-order valence-corrected chi connectivity index (χ1v) is 15.1. The summed E-state index contributed by atoms with van der Waals surface area (Å²) in [6.45, 7) is 0.720. The van der Waals surface area contributed by atoms with Crippen molar-refractivity contribution in [3.63, 3.8) is 0 Å². The topological polar surface area (TPSA) is 38.5 Å². The Labute approximate surface area is 260 Å². The molecule has 0 amide bonds. The number of hydrogen-bond acceptors (Lipinski definition) is 4. The molecule has 3 aromatic heterocycles. The van der Waals surface area contributed by atoms with Crippen molar-refractivity contribution in [1.82, 2.24) is 14.1 Å². The Balaban J connectivity index is 1.10. The van der Waals surface area contributed by atoms with Gasteiger partial charge in [-0.05, 0) is 60.7 Å². The number of aryl methyl sites for hydroxylation is 1. The summed E-state index contributed by atoms with van der Waals surface area (Å²) in [5.41, 5.74) is 7.92. The van der Waals surface area contributed by atoms with Crippen LogP contribution < -0.4 is 14.5 Å². The van der Waals surface area contributed by atoms with Crippen molar-refractivity contribution in [2.45, 2.75) is 0 Å². The predicted molar refractivity (Wildman–Crippen MR) is 184 cm³/mol. The second-order valence-electron chi connectivity index (χ2n) is 11.5. The summed E-state index contributed by atoms with van der Waals surface area (Å²) in [4.78, 5) is 9.56. The average molecular weight is 584 g/mol. The first kappa shape index (κ1) is 25.5. The number of rotatable bonds is 5. The molecule has 6 nitrogen and oxygen atoms in total. The van der Waals surface area contributed by atoms with Gasteiger partial charge < -0.3 is 19.1 Å². The van der Waals surface area contributed by atoms with E-state index in [2.05, 4.69) is 160 Å². The lowest BCUT2D eigenvalue weighted by atomic mass is 10.1. The number of nitrogens with zero attached hydrogens (tertiary/aromatic N) is 5. The molecule has 45 heavy (non-hydrogen) atoms. The minimum absolute atomic E-state index is 0.720. The van der Waals surface area contributed by atoms with Gasteiger partial charge in [-0.2, -0.15) is 0 Å². The van der Waals surface area contributed by atoms with E-state index in [1.807, 2.05) is 12.3 Å². The van der Waals surface area contributed by atoms with Gasteiger partial charge in [0.15, 0.2) is 0 Å². The van der Waals surface area contributed by atoms with Crippen LogP contribution in [0.2, 0.25) is 0 Å². The third-order valence-corrected chi connectivity index (χ3v) is 8.81. The second-order valence-corrected chi connectivity index (χ2v) is 11.5. The van der Waals surface area contributed by atoms with E-state index in [1.54, 1.807) is 0 Å². The van der Waals surface area contributed by atoms with Gasteiger partial charge in [-0.25, -0.2) is 4.98 Å². The molecule has 1 aliphatic rings. The summed E-state index contributed by atoms with van der Waals surface area (Å²) in [6.07, 6.45) is 4.02. The molecule has 8 aromatic rings. The van der Waals surface area contributed by atoms with Gasteiger partial charge in [0.25, 0.3) is 0 Å². The molecule has 0 N–H and O–H groups in total. The fourth-order valence-electron chi connectivity index (χ4n) is 6.65. The maximum absolute atomic E-state index is 6.57. The monoisotopic (exact) mass is 583 g/mol. The fourth-order valence-corrected chi connectivity index (χ4v) is 6.65. The van der Waals surface area contributed by atoms with E-state index in [-0.39, 0.29) is 0 Å². The van der Waals surface area contributed by atoms with Crippen molar-refractivity contribution in [1.29, 1.82) is 0 Å². The highest BCUT2D eigenvalue weighted by Gasteiger charge is 2.27. The number of ether oxygens (including phenoxy) is 1. The molecule has 6 heteroatoms. The molecule has 0 radical (unpaired) electrons. The van der Waals surface area contributed by atoms with Crippen molar-refractivity contribution in [3.8, 4) is 17.3 Å². The summed E-state index contributed by atoms with van der Waals surface area (Å²) in [7, 11) is 2.07. The maximum atomic E-state index is 6.57. The number of hydrogen-bond donors (Lipinski definition) is 0. The van der Waals surface area contributed by atoms with Gasteiger partial charge in [0.05, 0.1) is 27.9 Å². The third kappa shape index (κ3) is 4.14. The molecule has 0 saturated carbocycles. The van der Waals surface area contributed by atoms with Gasteiger partial charge in [-0.15, -0.1) is 0 Å². The van der Waals surface area contributed by atoms with Crippen LogP contribution in [0.4, 0.5) is 22.7 Å². The van der Waals surface area contributed by atoms with Gasteiger partial charge in [0, 0.05) is 65.2 Å². The number of aromatic nitrogens is 3. The Morgan fingerprint density at radius 3 is 2.16 bits per heavy atom. The summed E-state index contributed by atoms with van der Waals surface area (Å²) < 4.78 is 10.9. The number of anilines is 4. The smallest absolute Gasteiger partial charge is 0.139 e. The van der Waals surface area contributed by atoms with Crippen LogP contribution in [0.5, 0.6) is 11.5 Å². The van der Waals surface area contributed by atoms with Crippen LogP contribution in [-0.2, 0) is 7.05 Å². The molecule has 0 saturated heterocycles. The third-order valence-electron chi connectivity index (χ3n) is 8.81. The van der Waals surface area contributed by atoms with Crippen LogP contribution in [0, 0.1) is 0 Å². The molecule has 0 bridgehead atoms. The minimum atomic E-state index is 0.720. The SMILES string of the molecule is Cn1ccc2cnc(-n3c4ccccc4c4ccc(Oc5cccc(N6CN(c7ccccc7)c7ccccc76)c5)cc43)cc21. The molecule has 0 aliphatic carbocycles. The van der Waals surface area contributed by atoms with Crippen LogP contribution in [0.1, 0.15) is 0 Å². The first-order chi connectivity index (χ1) is 22.2. The highest BCUT2D eigenvalue weighted by Crippen LogP contribution is 2.45. The van der Waals surface area contributed by atoms with Gasteiger partial charge in [0.1, 0.15) is 24.0 Å². The van der Waals surface area contributed by atoms with Crippen LogP contribution >= 0.6 is 0 Å². The molecule has 0 atom stereocenters. The van der Waals surface area contributed by atoms with E-state index >= 15 is 0 Å². The number of benzene rings is 5. The fraction of sp³-hybridized carbons (Fsp3) is 0.0513. The molecule has 5 aromatic carbocycles. The normalized spacial score (nSPS) is 12.8. The lowest BCUT2D eigenvalue weighted by molar-refractivity contribution is 0.483. The van der Waals surface area contributed by atoms with Crippen molar-refractivity contribution >= 4 is 55.5 Å². The second kappa shape index (κ2) is 10.0. The molecule has 0 unspecified atom stereocenters. The summed E-state index contributed by atoms with van der Waals surface area (Å²) >= 11 is 0. The lowest BCUT2D eigenvalue weighted by Gasteiger charge is -2.22. The Morgan fingerprint density at radius 2 is 1.29 bits per heavy atom. The van der Waals surface area contributed by atoms with Crippen LogP contribution in [0.25, 0.3) is 38.5 Å². The van der Waals surface area contributed by atoms with Gasteiger partial charge >= 0.3 is 0 Å². The average Bonchev–Trinajstić information content (AvgIpc) is 3.76.